The lowest BCUT2D eigenvalue weighted by molar-refractivity contribution is -0.127. The maximum absolute atomic E-state index is 13.3. The number of anilines is 1. The Balaban J connectivity index is 1.66. The molecule has 152 valence electrons. The summed E-state index contributed by atoms with van der Waals surface area (Å²) in [7, 11) is 0. The van der Waals surface area contributed by atoms with Crippen LogP contribution >= 0.6 is 0 Å². The predicted octanol–water partition coefficient (Wildman–Crippen LogP) is 3.73. The quantitative estimate of drug-likeness (QED) is 0.669. The second-order valence-corrected chi connectivity index (χ2v) is 6.96. The normalized spacial score (nSPS) is 17.6. The highest BCUT2D eigenvalue weighted by molar-refractivity contribution is 5.97. The first-order chi connectivity index (χ1) is 14.3. The maximum Gasteiger partial charge on any atom is 0.256 e. The summed E-state index contributed by atoms with van der Waals surface area (Å²) in [5, 5.41) is 0. The van der Waals surface area contributed by atoms with E-state index in [2.05, 4.69) is 6.58 Å². The number of carbonyl (C=O) groups is 1. The van der Waals surface area contributed by atoms with E-state index >= 15 is 0 Å². The summed E-state index contributed by atoms with van der Waals surface area (Å²) in [5.41, 5.74) is 1.66. The highest BCUT2D eigenvalue weighted by Crippen LogP contribution is 2.35. The molecule has 1 fully saturated rings. The SMILES string of the molecule is C=CCOc1ccccc1CN(C(=O)C1CCCO1)c1ccc2c(c1)OCCO2. The number of fused-ring (bicyclic) bond motifs is 1. The first kappa shape index (κ1) is 19.3. The highest BCUT2D eigenvalue weighted by Gasteiger charge is 2.30. The van der Waals surface area contributed by atoms with Gasteiger partial charge in [-0.3, -0.25) is 4.79 Å². The van der Waals surface area contributed by atoms with Crippen molar-refractivity contribution in [1.82, 2.24) is 0 Å². The van der Waals surface area contributed by atoms with Crippen LogP contribution in [0.2, 0.25) is 0 Å². The fourth-order valence-corrected chi connectivity index (χ4v) is 3.54. The molecule has 0 aliphatic carbocycles. The predicted molar refractivity (Wildman–Crippen MR) is 110 cm³/mol. The number of carbonyl (C=O) groups excluding carboxylic acids is 1. The Morgan fingerprint density at radius 2 is 1.97 bits per heavy atom. The van der Waals surface area contributed by atoms with Crippen LogP contribution in [0.3, 0.4) is 0 Å². The van der Waals surface area contributed by atoms with Crippen molar-refractivity contribution in [1.29, 1.82) is 0 Å². The summed E-state index contributed by atoms with van der Waals surface area (Å²) in [5.74, 6) is 2.02. The maximum atomic E-state index is 13.3. The molecule has 1 unspecified atom stereocenters. The molecule has 4 rings (SSSR count). The van der Waals surface area contributed by atoms with E-state index < -0.39 is 6.10 Å². The smallest absolute Gasteiger partial charge is 0.256 e. The third kappa shape index (κ3) is 4.38. The summed E-state index contributed by atoms with van der Waals surface area (Å²) in [6, 6.07) is 13.3. The van der Waals surface area contributed by atoms with Gasteiger partial charge in [0.15, 0.2) is 11.5 Å². The van der Waals surface area contributed by atoms with Crippen LogP contribution in [0, 0.1) is 0 Å². The van der Waals surface area contributed by atoms with Crippen molar-refractivity contribution >= 4 is 11.6 Å². The molecule has 2 aliphatic heterocycles. The Bertz CT molecular complexity index is 875. The monoisotopic (exact) mass is 395 g/mol. The molecule has 1 amide bonds. The molecule has 2 aromatic carbocycles. The number of ether oxygens (including phenoxy) is 4. The Hall–Kier alpha value is -2.99. The van der Waals surface area contributed by atoms with Gasteiger partial charge in [0.05, 0.1) is 6.54 Å². The highest BCUT2D eigenvalue weighted by atomic mass is 16.6. The van der Waals surface area contributed by atoms with Crippen LogP contribution in [0.1, 0.15) is 18.4 Å². The van der Waals surface area contributed by atoms with Crippen molar-refractivity contribution in [3.05, 3.63) is 60.7 Å². The lowest BCUT2D eigenvalue weighted by atomic mass is 10.1. The number of para-hydroxylation sites is 1. The molecular weight excluding hydrogens is 370 g/mol. The number of benzene rings is 2. The lowest BCUT2D eigenvalue weighted by Gasteiger charge is -2.28. The van der Waals surface area contributed by atoms with Crippen LogP contribution in [0.5, 0.6) is 17.2 Å². The number of amides is 1. The third-order valence-corrected chi connectivity index (χ3v) is 4.97. The molecular formula is C23H25NO5. The molecule has 0 aromatic heterocycles. The van der Waals surface area contributed by atoms with E-state index in [4.69, 9.17) is 18.9 Å². The zero-order chi connectivity index (χ0) is 20.1. The zero-order valence-corrected chi connectivity index (χ0v) is 16.3. The summed E-state index contributed by atoms with van der Waals surface area (Å²) in [6.07, 6.45) is 2.90. The van der Waals surface area contributed by atoms with Crippen LogP contribution < -0.4 is 19.1 Å². The van der Waals surface area contributed by atoms with Crippen molar-refractivity contribution in [3.8, 4) is 17.2 Å². The summed E-state index contributed by atoms with van der Waals surface area (Å²) in [4.78, 5) is 15.1. The minimum atomic E-state index is -0.426. The van der Waals surface area contributed by atoms with Crippen LogP contribution in [0.15, 0.2) is 55.1 Å². The van der Waals surface area contributed by atoms with Crippen molar-refractivity contribution in [3.63, 3.8) is 0 Å². The van der Waals surface area contributed by atoms with Gasteiger partial charge >= 0.3 is 0 Å². The second-order valence-electron chi connectivity index (χ2n) is 6.96. The minimum absolute atomic E-state index is 0.0577. The number of rotatable bonds is 7. The van der Waals surface area contributed by atoms with Crippen molar-refractivity contribution < 1.29 is 23.7 Å². The molecule has 2 aromatic rings. The molecule has 2 aliphatic rings. The molecule has 6 heteroatoms. The number of hydrogen-bond acceptors (Lipinski definition) is 5. The molecule has 1 atom stereocenters. The van der Waals surface area contributed by atoms with E-state index in [1.165, 1.54) is 0 Å². The third-order valence-electron chi connectivity index (χ3n) is 4.97. The van der Waals surface area contributed by atoms with E-state index in [-0.39, 0.29) is 5.91 Å². The molecule has 1 saturated heterocycles. The topological polar surface area (TPSA) is 57.2 Å². The van der Waals surface area contributed by atoms with Crippen LogP contribution in [0.25, 0.3) is 0 Å². The summed E-state index contributed by atoms with van der Waals surface area (Å²) >= 11 is 0. The fraction of sp³-hybridized carbons (Fsp3) is 0.348. The molecule has 29 heavy (non-hydrogen) atoms. The van der Waals surface area contributed by atoms with E-state index in [1.807, 2.05) is 42.5 Å². The zero-order valence-electron chi connectivity index (χ0n) is 16.3. The Morgan fingerprint density at radius 3 is 2.76 bits per heavy atom. The average Bonchev–Trinajstić information content (AvgIpc) is 3.31. The molecule has 0 radical (unpaired) electrons. The van der Waals surface area contributed by atoms with Gasteiger partial charge in [-0.25, -0.2) is 0 Å². The van der Waals surface area contributed by atoms with Gasteiger partial charge in [-0.05, 0) is 31.0 Å². The molecule has 0 bridgehead atoms. The van der Waals surface area contributed by atoms with E-state index in [9.17, 15) is 4.79 Å². The van der Waals surface area contributed by atoms with Crippen LogP contribution in [-0.2, 0) is 16.1 Å². The van der Waals surface area contributed by atoms with E-state index in [0.29, 0.717) is 44.5 Å². The van der Waals surface area contributed by atoms with Gasteiger partial charge in [0, 0.05) is 23.9 Å². The average molecular weight is 395 g/mol. The minimum Gasteiger partial charge on any atom is -0.489 e. The second kappa shape index (κ2) is 9.01. The fourth-order valence-electron chi connectivity index (χ4n) is 3.54. The first-order valence-electron chi connectivity index (χ1n) is 9.90. The van der Waals surface area contributed by atoms with E-state index in [1.54, 1.807) is 11.0 Å². The number of nitrogens with zero attached hydrogens (tertiary/aromatic N) is 1. The van der Waals surface area contributed by atoms with Crippen molar-refractivity contribution in [2.75, 3.05) is 31.3 Å². The Kier molecular flexibility index (Phi) is 6.00. The lowest BCUT2D eigenvalue weighted by Crippen LogP contribution is -2.38. The van der Waals surface area contributed by atoms with Gasteiger partial charge < -0.3 is 23.8 Å². The molecule has 0 spiro atoms. The molecule has 2 heterocycles. The largest absolute Gasteiger partial charge is 0.489 e. The van der Waals surface area contributed by atoms with E-state index in [0.717, 1.165) is 29.8 Å². The number of hydrogen-bond donors (Lipinski definition) is 0. The standard InChI is InChI=1S/C23H25NO5/c1-2-11-26-19-7-4-3-6-17(19)16-24(23(25)21-8-5-12-27-21)18-9-10-20-22(15-18)29-14-13-28-20/h2-4,6-7,9-10,15,21H,1,5,8,11-14,16H2. The summed E-state index contributed by atoms with van der Waals surface area (Å²) < 4.78 is 22.8. The van der Waals surface area contributed by atoms with Crippen molar-refractivity contribution in [2.24, 2.45) is 0 Å². The van der Waals surface area contributed by atoms with Gasteiger partial charge in [-0.15, -0.1) is 0 Å². The van der Waals surface area contributed by atoms with Gasteiger partial charge in [0.2, 0.25) is 0 Å². The van der Waals surface area contributed by atoms with Gasteiger partial charge in [0.25, 0.3) is 5.91 Å². The van der Waals surface area contributed by atoms with Crippen molar-refractivity contribution in [2.45, 2.75) is 25.5 Å². The van der Waals surface area contributed by atoms with Gasteiger partial charge in [-0.2, -0.15) is 0 Å². The Morgan fingerprint density at radius 1 is 1.14 bits per heavy atom. The van der Waals surface area contributed by atoms with Crippen LogP contribution in [0.4, 0.5) is 5.69 Å². The van der Waals surface area contributed by atoms with Gasteiger partial charge in [-0.1, -0.05) is 30.9 Å². The van der Waals surface area contributed by atoms with Gasteiger partial charge in [0.1, 0.15) is 31.7 Å². The van der Waals surface area contributed by atoms with Crippen LogP contribution in [-0.4, -0.2) is 38.4 Å². The molecule has 0 saturated carbocycles. The first-order valence-corrected chi connectivity index (χ1v) is 9.90. The Labute approximate surface area is 170 Å². The summed E-state index contributed by atoms with van der Waals surface area (Å²) in [6.45, 7) is 6.11. The molecule has 6 nitrogen and oxygen atoms in total. The molecule has 0 N–H and O–H groups in total.